The van der Waals surface area contributed by atoms with Gasteiger partial charge in [0.2, 0.25) is 11.8 Å². The van der Waals surface area contributed by atoms with Gasteiger partial charge >= 0.3 is 11.9 Å². The molecule has 1 aliphatic rings. The van der Waals surface area contributed by atoms with Gasteiger partial charge in [0, 0.05) is 24.3 Å². The van der Waals surface area contributed by atoms with Gasteiger partial charge in [-0.2, -0.15) is 0 Å². The van der Waals surface area contributed by atoms with Crippen molar-refractivity contribution in [2.24, 2.45) is 0 Å². The molecule has 0 spiro atoms. The summed E-state index contributed by atoms with van der Waals surface area (Å²) >= 11 is 0. The summed E-state index contributed by atoms with van der Waals surface area (Å²) in [5, 5.41) is 5.19. The van der Waals surface area contributed by atoms with E-state index in [1.54, 1.807) is 0 Å². The van der Waals surface area contributed by atoms with Crippen LogP contribution < -0.4 is 10.6 Å². The molecule has 1 rings (SSSR count). The third kappa shape index (κ3) is 7.12. The van der Waals surface area contributed by atoms with Crippen LogP contribution in [0.3, 0.4) is 0 Å². The fourth-order valence-corrected chi connectivity index (χ4v) is 4.09. The van der Waals surface area contributed by atoms with Crippen molar-refractivity contribution in [1.82, 2.24) is 10.6 Å². The molecule has 1 saturated heterocycles. The Kier molecular flexibility index (Phi) is 8.85. The molecule has 0 bridgehead atoms. The van der Waals surface area contributed by atoms with Crippen molar-refractivity contribution in [2.45, 2.75) is 31.3 Å². The quantitative estimate of drug-likeness (QED) is 0.515. The number of carbonyl (C=O) groups excluding carboxylic acids is 4. The van der Waals surface area contributed by atoms with Crippen LogP contribution in [-0.2, 0) is 28.7 Å². The molecule has 10 heteroatoms. The van der Waals surface area contributed by atoms with Crippen LogP contribution in [0.5, 0.6) is 0 Å². The summed E-state index contributed by atoms with van der Waals surface area (Å²) in [5.74, 6) is -1.10. The van der Waals surface area contributed by atoms with E-state index in [0.29, 0.717) is 17.9 Å². The van der Waals surface area contributed by atoms with E-state index in [2.05, 4.69) is 20.1 Å². The van der Waals surface area contributed by atoms with Crippen LogP contribution in [0.25, 0.3) is 0 Å². The Morgan fingerprint density at radius 2 is 1.30 bits per heavy atom. The minimum Gasteiger partial charge on any atom is -0.467 e. The van der Waals surface area contributed by atoms with Crippen molar-refractivity contribution in [3.8, 4) is 0 Å². The molecular formula is C13H20N2O6S2. The first kappa shape index (κ1) is 19.6. The van der Waals surface area contributed by atoms with Crippen molar-refractivity contribution in [2.75, 3.05) is 25.7 Å². The second-order valence-electron chi connectivity index (χ2n) is 4.71. The van der Waals surface area contributed by atoms with Gasteiger partial charge in [0.1, 0.15) is 12.1 Å². The lowest BCUT2D eigenvalue weighted by Crippen LogP contribution is -2.43. The summed E-state index contributed by atoms with van der Waals surface area (Å²) in [6, 6.07) is -1.52. The first-order valence-corrected chi connectivity index (χ1v) is 9.45. The molecule has 1 heterocycles. The molecule has 2 N–H and O–H groups in total. The predicted octanol–water partition coefficient (Wildman–Crippen LogP) is -0.133. The highest BCUT2D eigenvalue weighted by atomic mass is 33.1. The van der Waals surface area contributed by atoms with Crippen LogP contribution in [0.15, 0.2) is 0 Å². The average molecular weight is 364 g/mol. The van der Waals surface area contributed by atoms with Gasteiger partial charge in [-0.15, -0.1) is 0 Å². The summed E-state index contributed by atoms with van der Waals surface area (Å²) < 4.78 is 9.33. The first-order valence-electron chi connectivity index (χ1n) is 6.96. The molecule has 0 aromatic rings. The maximum atomic E-state index is 11.8. The lowest BCUT2D eigenvalue weighted by Gasteiger charge is -2.16. The number of esters is 2. The van der Waals surface area contributed by atoms with Crippen molar-refractivity contribution < 1.29 is 28.7 Å². The Balaban J connectivity index is 2.74. The Bertz CT molecular complexity index is 420. The SMILES string of the molecule is COC(=O)[C@@H]1CSSC[C@@H](C(=O)OC)NC(=O)CCCC(=O)N1. The van der Waals surface area contributed by atoms with Gasteiger partial charge in [0.25, 0.3) is 0 Å². The number of ether oxygens (including phenoxy) is 2. The summed E-state index contributed by atoms with van der Waals surface area (Å²) in [7, 11) is 5.11. The lowest BCUT2D eigenvalue weighted by molar-refractivity contribution is -0.144. The smallest absolute Gasteiger partial charge is 0.329 e. The zero-order chi connectivity index (χ0) is 17.2. The van der Waals surface area contributed by atoms with Crippen LogP contribution in [0, 0.1) is 0 Å². The van der Waals surface area contributed by atoms with Gasteiger partial charge in [0.05, 0.1) is 14.2 Å². The number of hydrogen-bond acceptors (Lipinski definition) is 8. The number of carbonyl (C=O) groups is 4. The van der Waals surface area contributed by atoms with E-state index in [1.807, 2.05) is 0 Å². The van der Waals surface area contributed by atoms with Gasteiger partial charge in [0.15, 0.2) is 0 Å². The molecular weight excluding hydrogens is 344 g/mol. The number of nitrogens with one attached hydrogen (secondary N) is 2. The highest BCUT2D eigenvalue weighted by molar-refractivity contribution is 8.76. The van der Waals surface area contributed by atoms with Gasteiger partial charge in [-0.05, 0) is 6.42 Å². The fourth-order valence-electron chi connectivity index (χ4n) is 1.80. The van der Waals surface area contributed by atoms with Gasteiger partial charge < -0.3 is 20.1 Å². The summed E-state index contributed by atoms with van der Waals surface area (Å²) in [6.07, 6.45) is 0.545. The molecule has 8 nitrogen and oxygen atoms in total. The number of hydrogen-bond donors (Lipinski definition) is 2. The number of methoxy groups -OCH3 is 2. The fraction of sp³-hybridized carbons (Fsp3) is 0.692. The van der Waals surface area contributed by atoms with Crippen LogP contribution in [0.4, 0.5) is 0 Å². The van der Waals surface area contributed by atoms with Crippen LogP contribution >= 0.6 is 21.6 Å². The van der Waals surface area contributed by atoms with Crippen molar-refractivity contribution in [3.05, 3.63) is 0 Å². The van der Waals surface area contributed by atoms with E-state index in [0.717, 1.165) is 0 Å². The summed E-state index contributed by atoms with van der Waals surface area (Å²) in [4.78, 5) is 46.9. The Morgan fingerprint density at radius 1 is 0.913 bits per heavy atom. The van der Waals surface area contributed by atoms with Gasteiger partial charge in [-0.3, -0.25) is 9.59 Å². The molecule has 2 amide bonds. The van der Waals surface area contributed by atoms with Gasteiger partial charge in [-0.25, -0.2) is 9.59 Å². The second-order valence-corrected chi connectivity index (χ2v) is 7.26. The van der Waals surface area contributed by atoms with E-state index >= 15 is 0 Å². The Morgan fingerprint density at radius 3 is 1.65 bits per heavy atom. The van der Waals surface area contributed by atoms with E-state index in [9.17, 15) is 19.2 Å². The van der Waals surface area contributed by atoms with Crippen LogP contribution in [0.2, 0.25) is 0 Å². The number of rotatable bonds is 2. The van der Waals surface area contributed by atoms with E-state index in [4.69, 9.17) is 0 Å². The van der Waals surface area contributed by atoms with Gasteiger partial charge in [-0.1, -0.05) is 21.6 Å². The normalized spacial score (nSPS) is 24.1. The van der Waals surface area contributed by atoms with E-state index in [-0.39, 0.29) is 24.7 Å². The van der Waals surface area contributed by atoms with Crippen molar-refractivity contribution >= 4 is 45.3 Å². The Hall–Kier alpha value is -1.42. The largest absolute Gasteiger partial charge is 0.467 e. The van der Waals surface area contributed by atoms with Crippen LogP contribution in [-0.4, -0.2) is 61.6 Å². The zero-order valence-electron chi connectivity index (χ0n) is 13.0. The summed E-state index contributed by atoms with van der Waals surface area (Å²) in [5.41, 5.74) is 0. The van der Waals surface area contributed by atoms with Crippen molar-refractivity contribution in [3.63, 3.8) is 0 Å². The maximum Gasteiger partial charge on any atom is 0.329 e. The molecule has 130 valence electrons. The molecule has 0 radical (unpaired) electrons. The van der Waals surface area contributed by atoms with E-state index in [1.165, 1.54) is 35.8 Å². The predicted molar refractivity (Wildman–Crippen MR) is 86.7 cm³/mol. The monoisotopic (exact) mass is 364 g/mol. The molecule has 1 aliphatic heterocycles. The minimum absolute atomic E-state index is 0.113. The molecule has 0 saturated carbocycles. The molecule has 0 unspecified atom stereocenters. The molecule has 2 atom stereocenters. The van der Waals surface area contributed by atoms with Crippen molar-refractivity contribution in [1.29, 1.82) is 0 Å². The van der Waals surface area contributed by atoms with Crippen LogP contribution in [0.1, 0.15) is 19.3 Å². The maximum absolute atomic E-state index is 11.8. The number of amides is 2. The van der Waals surface area contributed by atoms with E-state index < -0.39 is 24.0 Å². The highest BCUT2D eigenvalue weighted by Gasteiger charge is 2.25. The highest BCUT2D eigenvalue weighted by Crippen LogP contribution is 2.24. The first-order chi connectivity index (χ1) is 11.0. The molecule has 1 fully saturated rings. The molecule has 0 aliphatic carbocycles. The molecule has 0 aromatic heterocycles. The third-order valence-corrected chi connectivity index (χ3v) is 5.42. The standard InChI is InChI=1S/C13H20N2O6S2/c1-20-12(18)8-6-22-23-7-9(13(19)21-2)15-11(17)5-3-4-10(16)14-8/h8-9H,3-7H2,1-2H3,(H,14,16)(H,15,17)/t8-,9-/m0/s1. The second kappa shape index (κ2) is 10.4. The lowest BCUT2D eigenvalue weighted by atomic mass is 10.2. The average Bonchev–Trinajstić information content (AvgIpc) is 2.55. The Labute approximate surface area is 142 Å². The third-order valence-electron chi connectivity index (χ3n) is 3.00. The minimum atomic E-state index is -0.758. The topological polar surface area (TPSA) is 111 Å². The zero-order valence-corrected chi connectivity index (χ0v) is 14.6. The summed E-state index contributed by atoms with van der Waals surface area (Å²) in [6.45, 7) is 0. The molecule has 0 aromatic carbocycles. The molecule has 23 heavy (non-hydrogen) atoms.